The number of amides is 1. The quantitative estimate of drug-likeness (QED) is 0.830. The molecule has 6 nitrogen and oxygen atoms in total. The molecular formula is C19H25N5OS. The summed E-state index contributed by atoms with van der Waals surface area (Å²) in [4.78, 5) is 22.6. The third-order valence-electron chi connectivity index (χ3n) is 5.82. The van der Waals surface area contributed by atoms with E-state index in [0.29, 0.717) is 11.1 Å². The van der Waals surface area contributed by atoms with Crippen LogP contribution in [0.15, 0.2) is 24.4 Å². The highest BCUT2D eigenvalue weighted by atomic mass is 32.1. The normalized spacial score (nSPS) is 20.4. The highest BCUT2D eigenvalue weighted by Crippen LogP contribution is 2.40. The number of aromatic nitrogens is 3. The van der Waals surface area contributed by atoms with E-state index in [1.807, 2.05) is 24.1 Å². The number of rotatable bonds is 3. The summed E-state index contributed by atoms with van der Waals surface area (Å²) in [5.41, 5.74) is 2.02. The van der Waals surface area contributed by atoms with Gasteiger partial charge in [0.2, 0.25) is 0 Å². The Labute approximate surface area is 158 Å². The Morgan fingerprint density at radius 3 is 2.77 bits per heavy atom. The van der Waals surface area contributed by atoms with Gasteiger partial charge in [0.05, 0.1) is 10.6 Å². The van der Waals surface area contributed by atoms with Crippen molar-refractivity contribution in [3.8, 4) is 0 Å². The Hall–Kier alpha value is -1.86. The lowest BCUT2D eigenvalue weighted by Gasteiger charge is -2.47. The molecule has 0 aliphatic carbocycles. The number of hydrogen-bond donors (Lipinski definition) is 0. The molecule has 1 spiro atoms. The Balaban J connectivity index is 1.37. The molecule has 26 heavy (non-hydrogen) atoms. The first-order chi connectivity index (χ1) is 12.7. The van der Waals surface area contributed by atoms with Crippen LogP contribution in [-0.2, 0) is 6.54 Å². The van der Waals surface area contributed by atoms with E-state index in [2.05, 4.69) is 31.6 Å². The first kappa shape index (κ1) is 17.5. The van der Waals surface area contributed by atoms with E-state index in [-0.39, 0.29) is 5.91 Å². The van der Waals surface area contributed by atoms with Crippen LogP contribution in [-0.4, -0.2) is 56.5 Å². The van der Waals surface area contributed by atoms with Gasteiger partial charge in [0.1, 0.15) is 0 Å². The van der Waals surface area contributed by atoms with Gasteiger partial charge in [-0.05, 0) is 68.2 Å². The summed E-state index contributed by atoms with van der Waals surface area (Å²) in [6.07, 6.45) is 6.53. The van der Waals surface area contributed by atoms with Crippen LogP contribution in [0.3, 0.4) is 0 Å². The van der Waals surface area contributed by atoms with Crippen LogP contribution in [0.4, 0.5) is 0 Å². The minimum Gasteiger partial charge on any atom is -0.337 e. The number of carbonyl (C=O) groups is 1. The third kappa shape index (κ3) is 3.64. The molecule has 2 fully saturated rings. The number of aryl methyl sites for hydroxylation is 1. The van der Waals surface area contributed by atoms with Crippen molar-refractivity contribution in [2.75, 3.05) is 26.2 Å². The zero-order valence-electron chi connectivity index (χ0n) is 15.2. The van der Waals surface area contributed by atoms with Gasteiger partial charge < -0.3 is 4.90 Å². The highest BCUT2D eigenvalue weighted by molar-refractivity contribution is 7.05. The first-order valence-electron chi connectivity index (χ1n) is 9.36. The van der Waals surface area contributed by atoms with Gasteiger partial charge in [-0.15, -0.1) is 5.10 Å². The number of nitrogens with zero attached hydrogens (tertiary/aromatic N) is 5. The van der Waals surface area contributed by atoms with Crippen LogP contribution >= 0.6 is 11.5 Å². The smallest absolute Gasteiger partial charge is 0.275 e. The lowest BCUT2D eigenvalue weighted by Crippen LogP contribution is -2.50. The fraction of sp³-hybridized carbons (Fsp3) is 0.579. The molecule has 0 radical (unpaired) electrons. The molecule has 0 unspecified atom stereocenters. The van der Waals surface area contributed by atoms with Crippen LogP contribution in [0.1, 0.15) is 46.7 Å². The monoisotopic (exact) mass is 371 g/mol. The topological polar surface area (TPSA) is 62.2 Å². The average molecular weight is 372 g/mol. The van der Waals surface area contributed by atoms with Crippen LogP contribution in [0.25, 0.3) is 0 Å². The molecule has 2 saturated heterocycles. The zero-order chi connectivity index (χ0) is 18.0. The SMILES string of the molecule is Cc1snnc1C(=O)N1CCC2(CCCN(Cc3ccccn3)C2)CC1. The van der Waals surface area contributed by atoms with Crippen molar-refractivity contribution in [1.29, 1.82) is 0 Å². The molecule has 1 amide bonds. The molecule has 4 rings (SSSR count). The van der Waals surface area contributed by atoms with E-state index in [1.54, 1.807) is 0 Å². The molecule has 7 heteroatoms. The molecule has 0 bridgehead atoms. The third-order valence-corrected chi connectivity index (χ3v) is 6.45. The van der Waals surface area contributed by atoms with Crippen molar-refractivity contribution >= 4 is 17.4 Å². The van der Waals surface area contributed by atoms with Gasteiger partial charge >= 0.3 is 0 Å². The molecule has 0 atom stereocenters. The fourth-order valence-electron chi connectivity index (χ4n) is 4.34. The summed E-state index contributed by atoms with van der Waals surface area (Å²) in [6, 6.07) is 6.13. The second-order valence-electron chi connectivity index (χ2n) is 7.61. The van der Waals surface area contributed by atoms with E-state index in [4.69, 9.17) is 0 Å². The van der Waals surface area contributed by atoms with Crippen LogP contribution in [0.2, 0.25) is 0 Å². The summed E-state index contributed by atoms with van der Waals surface area (Å²) in [5.74, 6) is 0.0484. The number of carbonyl (C=O) groups excluding carboxylic acids is 1. The maximum absolute atomic E-state index is 12.7. The Bertz CT molecular complexity index is 754. The largest absolute Gasteiger partial charge is 0.337 e. The number of pyridine rings is 1. The predicted octanol–water partition coefficient (Wildman–Crippen LogP) is 2.76. The number of hydrogen-bond acceptors (Lipinski definition) is 6. The van der Waals surface area contributed by atoms with E-state index in [1.165, 1.54) is 24.4 Å². The molecule has 2 aliphatic heterocycles. The molecule has 138 valence electrons. The predicted molar refractivity (Wildman–Crippen MR) is 101 cm³/mol. The first-order valence-corrected chi connectivity index (χ1v) is 10.1. The van der Waals surface area contributed by atoms with Crippen LogP contribution < -0.4 is 0 Å². The summed E-state index contributed by atoms with van der Waals surface area (Å²) >= 11 is 1.30. The van der Waals surface area contributed by atoms with E-state index in [0.717, 1.165) is 56.1 Å². The van der Waals surface area contributed by atoms with Gasteiger partial charge in [-0.25, -0.2) is 0 Å². The minimum absolute atomic E-state index is 0.0484. The summed E-state index contributed by atoms with van der Waals surface area (Å²) in [5, 5.41) is 4.02. The van der Waals surface area contributed by atoms with Crippen LogP contribution in [0.5, 0.6) is 0 Å². The molecule has 2 aromatic heterocycles. The van der Waals surface area contributed by atoms with E-state index < -0.39 is 0 Å². The summed E-state index contributed by atoms with van der Waals surface area (Å²) in [6.45, 7) is 6.75. The van der Waals surface area contributed by atoms with Gasteiger partial charge in [0, 0.05) is 32.4 Å². The van der Waals surface area contributed by atoms with Gasteiger partial charge in [-0.1, -0.05) is 10.6 Å². The van der Waals surface area contributed by atoms with Gasteiger partial charge in [-0.3, -0.25) is 14.7 Å². The molecule has 4 heterocycles. The lowest BCUT2D eigenvalue weighted by atomic mass is 9.72. The Kier molecular flexibility index (Phi) is 5.00. The molecular weight excluding hydrogens is 346 g/mol. The maximum atomic E-state index is 12.7. The minimum atomic E-state index is 0.0484. The number of piperidine rings is 2. The van der Waals surface area contributed by atoms with Crippen molar-refractivity contribution in [3.05, 3.63) is 40.7 Å². The van der Waals surface area contributed by atoms with Gasteiger partial charge in [-0.2, -0.15) is 0 Å². The molecule has 2 aromatic rings. The van der Waals surface area contributed by atoms with Crippen molar-refractivity contribution < 1.29 is 4.79 Å². The number of likely N-dealkylation sites (tertiary alicyclic amines) is 2. The zero-order valence-corrected chi connectivity index (χ0v) is 16.0. The van der Waals surface area contributed by atoms with Crippen molar-refractivity contribution in [2.24, 2.45) is 5.41 Å². The second-order valence-corrected chi connectivity index (χ2v) is 8.56. The van der Waals surface area contributed by atoms with Crippen LogP contribution in [0, 0.1) is 12.3 Å². The second kappa shape index (κ2) is 7.40. The standard InChI is InChI=1S/C19H25N5OS/c1-15-17(21-22-26-15)18(25)24-11-7-19(8-12-24)6-4-10-23(14-19)13-16-5-2-3-9-20-16/h2-3,5,9H,4,6-8,10-14H2,1H3. The van der Waals surface area contributed by atoms with E-state index in [9.17, 15) is 4.79 Å². The Morgan fingerprint density at radius 1 is 1.23 bits per heavy atom. The molecule has 0 saturated carbocycles. The van der Waals surface area contributed by atoms with E-state index >= 15 is 0 Å². The highest BCUT2D eigenvalue weighted by Gasteiger charge is 2.39. The molecule has 2 aliphatic rings. The fourth-order valence-corrected chi connectivity index (χ4v) is 4.80. The summed E-state index contributed by atoms with van der Waals surface area (Å²) in [7, 11) is 0. The lowest BCUT2D eigenvalue weighted by molar-refractivity contribution is 0.0191. The molecule has 0 aromatic carbocycles. The summed E-state index contributed by atoms with van der Waals surface area (Å²) < 4.78 is 3.90. The molecule has 0 N–H and O–H groups in total. The van der Waals surface area contributed by atoms with Crippen molar-refractivity contribution in [2.45, 2.75) is 39.2 Å². The van der Waals surface area contributed by atoms with Gasteiger partial charge in [0.15, 0.2) is 5.69 Å². The van der Waals surface area contributed by atoms with Gasteiger partial charge in [0.25, 0.3) is 5.91 Å². The van der Waals surface area contributed by atoms with Crippen molar-refractivity contribution in [1.82, 2.24) is 24.4 Å². The van der Waals surface area contributed by atoms with Crippen molar-refractivity contribution in [3.63, 3.8) is 0 Å². The maximum Gasteiger partial charge on any atom is 0.275 e. The Morgan fingerprint density at radius 2 is 2.08 bits per heavy atom. The average Bonchev–Trinajstić information content (AvgIpc) is 3.09.